The van der Waals surface area contributed by atoms with Crippen LogP contribution in [0.3, 0.4) is 0 Å². The fourth-order valence-electron chi connectivity index (χ4n) is 1.54. The molecule has 0 atom stereocenters. The third-order valence-corrected chi connectivity index (χ3v) is 2.29. The van der Waals surface area contributed by atoms with Crippen LogP contribution in [-0.4, -0.2) is 17.7 Å². The lowest BCUT2D eigenvalue weighted by atomic mass is 10.2. The van der Waals surface area contributed by atoms with Crippen LogP contribution in [0.25, 0.3) is 10.9 Å². The highest BCUT2D eigenvalue weighted by Crippen LogP contribution is 2.14. The smallest absolute Gasteiger partial charge is 0.303 e. The summed E-state index contributed by atoms with van der Waals surface area (Å²) in [5.74, 6) is 0. The van der Waals surface area contributed by atoms with Gasteiger partial charge in [-0.3, -0.25) is 4.98 Å². The van der Waals surface area contributed by atoms with E-state index in [1.54, 1.807) is 6.07 Å². The molecule has 2 rings (SSSR count). The molecule has 0 aliphatic carbocycles. The van der Waals surface area contributed by atoms with Crippen molar-refractivity contribution in [2.75, 3.05) is 6.54 Å². The number of nitrogens with one attached hydrogen (secondary N) is 1. The summed E-state index contributed by atoms with van der Waals surface area (Å²) in [7, 11) is 0. The van der Waals surface area contributed by atoms with E-state index in [1.807, 2.05) is 30.3 Å². The summed E-state index contributed by atoms with van der Waals surface area (Å²) in [6, 6.07) is 11.1. The van der Waals surface area contributed by atoms with Crippen molar-refractivity contribution in [3.05, 3.63) is 42.1 Å². The Balaban J connectivity index is 2.04. The lowest BCUT2D eigenvalue weighted by Crippen LogP contribution is -2.28. The molecular formula is C12H11F3N2. The number of hydrogen-bond donors (Lipinski definition) is 1. The van der Waals surface area contributed by atoms with E-state index in [1.165, 1.54) is 0 Å². The van der Waals surface area contributed by atoms with Gasteiger partial charge in [-0.25, -0.2) is 0 Å². The highest BCUT2D eigenvalue weighted by molar-refractivity contribution is 5.78. The fraction of sp³-hybridized carbons (Fsp3) is 0.250. The summed E-state index contributed by atoms with van der Waals surface area (Å²) in [6.07, 6.45) is -4.18. The van der Waals surface area contributed by atoms with Crippen LogP contribution in [0.4, 0.5) is 13.2 Å². The molecule has 5 heteroatoms. The Hall–Kier alpha value is -1.62. The molecule has 1 aromatic carbocycles. The number of para-hydroxylation sites is 1. The van der Waals surface area contributed by atoms with Crippen molar-refractivity contribution in [3.8, 4) is 0 Å². The number of fused-ring (bicyclic) bond motifs is 1. The Kier molecular flexibility index (Phi) is 3.28. The van der Waals surface area contributed by atoms with Gasteiger partial charge < -0.3 is 5.32 Å². The molecule has 0 unspecified atom stereocenters. The van der Waals surface area contributed by atoms with E-state index in [9.17, 15) is 13.2 Å². The predicted molar refractivity (Wildman–Crippen MR) is 59.5 cm³/mol. The number of benzene rings is 1. The van der Waals surface area contributed by atoms with Gasteiger partial charge in [-0.2, -0.15) is 13.2 Å². The Morgan fingerprint density at radius 3 is 2.59 bits per heavy atom. The zero-order chi connectivity index (χ0) is 12.3. The zero-order valence-electron chi connectivity index (χ0n) is 8.96. The molecule has 90 valence electrons. The van der Waals surface area contributed by atoms with Crippen LogP contribution in [0.2, 0.25) is 0 Å². The highest BCUT2D eigenvalue weighted by Gasteiger charge is 2.26. The van der Waals surface area contributed by atoms with Crippen molar-refractivity contribution in [2.45, 2.75) is 12.7 Å². The Morgan fingerprint density at radius 1 is 1.06 bits per heavy atom. The van der Waals surface area contributed by atoms with E-state index >= 15 is 0 Å². The van der Waals surface area contributed by atoms with Crippen LogP contribution in [0.5, 0.6) is 0 Å². The first-order valence-corrected chi connectivity index (χ1v) is 5.17. The van der Waals surface area contributed by atoms with Crippen molar-refractivity contribution in [2.24, 2.45) is 0 Å². The van der Waals surface area contributed by atoms with Gasteiger partial charge in [-0.05, 0) is 12.1 Å². The number of aromatic nitrogens is 1. The van der Waals surface area contributed by atoms with Gasteiger partial charge in [-0.15, -0.1) is 0 Å². The first-order valence-electron chi connectivity index (χ1n) is 5.17. The SMILES string of the molecule is FC(F)(F)CNCc1ccc2ccccc2n1. The van der Waals surface area contributed by atoms with E-state index < -0.39 is 12.7 Å². The number of halogens is 3. The molecule has 2 nitrogen and oxygen atoms in total. The van der Waals surface area contributed by atoms with Gasteiger partial charge in [0.15, 0.2) is 0 Å². The average Bonchev–Trinajstić information content (AvgIpc) is 2.27. The summed E-state index contributed by atoms with van der Waals surface area (Å²) in [4.78, 5) is 4.26. The van der Waals surface area contributed by atoms with Gasteiger partial charge in [0.1, 0.15) is 0 Å². The standard InChI is InChI=1S/C12H11F3N2/c13-12(14,15)8-16-7-10-6-5-9-3-1-2-4-11(9)17-10/h1-6,16H,7-8H2. The Morgan fingerprint density at radius 2 is 1.82 bits per heavy atom. The molecule has 0 bridgehead atoms. The third-order valence-electron chi connectivity index (χ3n) is 2.29. The van der Waals surface area contributed by atoms with Crippen LogP contribution in [0.1, 0.15) is 5.69 Å². The monoisotopic (exact) mass is 240 g/mol. The Bertz CT molecular complexity index is 508. The van der Waals surface area contributed by atoms with E-state index in [0.717, 1.165) is 10.9 Å². The number of pyridine rings is 1. The van der Waals surface area contributed by atoms with Crippen molar-refractivity contribution in [1.82, 2.24) is 10.3 Å². The summed E-state index contributed by atoms with van der Waals surface area (Å²) in [5.41, 5.74) is 1.40. The minimum Gasteiger partial charge on any atom is -0.303 e. The molecular weight excluding hydrogens is 229 g/mol. The first-order chi connectivity index (χ1) is 8.04. The molecule has 17 heavy (non-hydrogen) atoms. The first kappa shape index (κ1) is 11.9. The van der Waals surface area contributed by atoms with Crippen LogP contribution < -0.4 is 5.32 Å². The van der Waals surface area contributed by atoms with E-state index in [0.29, 0.717) is 5.69 Å². The van der Waals surface area contributed by atoms with Gasteiger partial charge >= 0.3 is 6.18 Å². The van der Waals surface area contributed by atoms with Crippen molar-refractivity contribution < 1.29 is 13.2 Å². The summed E-state index contributed by atoms with van der Waals surface area (Å²) in [6.45, 7) is -0.883. The normalized spacial score (nSPS) is 11.9. The van der Waals surface area contributed by atoms with Crippen LogP contribution >= 0.6 is 0 Å². The lowest BCUT2D eigenvalue weighted by molar-refractivity contribution is -0.125. The second kappa shape index (κ2) is 4.71. The van der Waals surface area contributed by atoms with Gasteiger partial charge in [0.2, 0.25) is 0 Å². The summed E-state index contributed by atoms with van der Waals surface area (Å²) >= 11 is 0. The molecule has 0 amide bonds. The highest BCUT2D eigenvalue weighted by atomic mass is 19.4. The van der Waals surface area contributed by atoms with Gasteiger partial charge in [0.25, 0.3) is 0 Å². The summed E-state index contributed by atoms with van der Waals surface area (Å²) in [5, 5.41) is 3.30. The van der Waals surface area contributed by atoms with Crippen LogP contribution in [-0.2, 0) is 6.54 Å². The predicted octanol–water partition coefficient (Wildman–Crippen LogP) is 2.89. The minimum absolute atomic E-state index is 0.115. The maximum absolute atomic E-state index is 11.9. The molecule has 2 aromatic rings. The van der Waals surface area contributed by atoms with Crippen molar-refractivity contribution >= 4 is 10.9 Å². The molecule has 0 saturated heterocycles. The molecule has 1 N–H and O–H groups in total. The quantitative estimate of drug-likeness (QED) is 0.892. The molecule has 0 saturated carbocycles. The van der Waals surface area contributed by atoms with Crippen LogP contribution in [0.15, 0.2) is 36.4 Å². The van der Waals surface area contributed by atoms with Crippen molar-refractivity contribution in [1.29, 1.82) is 0 Å². The number of hydrogen-bond acceptors (Lipinski definition) is 2. The molecule has 0 aliphatic heterocycles. The second-order valence-corrected chi connectivity index (χ2v) is 3.71. The van der Waals surface area contributed by atoms with Crippen LogP contribution in [0, 0.1) is 0 Å². The van der Waals surface area contributed by atoms with Gasteiger partial charge in [0.05, 0.1) is 17.8 Å². The fourth-order valence-corrected chi connectivity index (χ4v) is 1.54. The van der Waals surface area contributed by atoms with Gasteiger partial charge in [0, 0.05) is 11.9 Å². The lowest BCUT2D eigenvalue weighted by Gasteiger charge is -2.08. The molecule has 1 aromatic heterocycles. The Labute approximate surface area is 96.5 Å². The largest absolute Gasteiger partial charge is 0.401 e. The molecule has 0 fully saturated rings. The third kappa shape index (κ3) is 3.42. The number of rotatable bonds is 3. The van der Waals surface area contributed by atoms with E-state index in [2.05, 4.69) is 10.3 Å². The molecule has 0 spiro atoms. The number of nitrogens with zero attached hydrogens (tertiary/aromatic N) is 1. The zero-order valence-corrected chi connectivity index (χ0v) is 8.96. The molecule has 0 aliphatic rings. The second-order valence-electron chi connectivity index (χ2n) is 3.71. The van der Waals surface area contributed by atoms with E-state index in [-0.39, 0.29) is 6.54 Å². The van der Waals surface area contributed by atoms with Crippen molar-refractivity contribution in [3.63, 3.8) is 0 Å². The summed E-state index contributed by atoms with van der Waals surface area (Å²) < 4.78 is 35.8. The molecule has 1 heterocycles. The van der Waals surface area contributed by atoms with Gasteiger partial charge in [-0.1, -0.05) is 24.3 Å². The maximum atomic E-state index is 11.9. The van der Waals surface area contributed by atoms with E-state index in [4.69, 9.17) is 0 Å². The minimum atomic E-state index is -4.18. The maximum Gasteiger partial charge on any atom is 0.401 e. The topological polar surface area (TPSA) is 24.9 Å². The molecule has 0 radical (unpaired) electrons. The average molecular weight is 240 g/mol. The number of alkyl halides is 3.